The molecule has 18 nitrogen and oxygen atoms in total. The number of alkyl carbamates (subject to hydrolysis) is 1. The van der Waals surface area contributed by atoms with Crippen LogP contribution in [0.2, 0.25) is 0 Å². The third kappa shape index (κ3) is 8.58. The van der Waals surface area contributed by atoms with Crippen molar-refractivity contribution < 1.29 is 77.3 Å². The van der Waals surface area contributed by atoms with E-state index in [2.05, 4.69) is 15.4 Å². The summed E-state index contributed by atoms with van der Waals surface area (Å²) in [6.45, 7) is 5.86. The number of hydrogen-bond donors (Lipinski definition) is 5. The lowest BCUT2D eigenvalue weighted by atomic mass is 9.44. The molecule has 1 saturated heterocycles. The van der Waals surface area contributed by atoms with Crippen molar-refractivity contribution in [2.45, 2.75) is 101 Å². The number of nitrogens with one attached hydrogen (secondary N) is 2. The van der Waals surface area contributed by atoms with Gasteiger partial charge in [-0.1, -0.05) is 80.6 Å². The van der Waals surface area contributed by atoms with Crippen molar-refractivity contribution >= 4 is 41.7 Å². The van der Waals surface area contributed by atoms with E-state index in [0.29, 0.717) is 5.56 Å². The van der Waals surface area contributed by atoms with Crippen molar-refractivity contribution in [3.63, 3.8) is 0 Å². The fourth-order valence-corrected chi connectivity index (χ4v) is 10.4. The highest BCUT2D eigenvalue weighted by Gasteiger charge is 2.78. The molecule has 2 saturated carbocycles. The second-order valence-corrected chi connectivity index (χ2v) is 18.1. The van der Waals surface area contributed by atoms with Crippen LogP contribution in [0.5, 0.6) is 0 Å². The maximum atomic E-state index is 15.8. The predicted octanol–water partition coefficient (Wildman–Crippen LogP) is 3.07. The van der Waals surface area contributed by atoms with E-state index >= 15 is 4.79 Å². The Balaban J connectivity index is 1.40. The summed E-state index contributed by atoms with van der Waals surface area (Å²) in [6, 6.07) is 22.6. The minimum Gasteiger partial charge on any atom is -0.468 e. The maximum absolute atomic E-state index is 15.8. The molecule has 0 spiro atoms. The molecule has 67 heavy (non-hydrogen) atoms. The number of Topliss-reactive ketones (excluding diaryl/α,β-unsaturated/α-hetero) is 1. The van der Waals surface area contributed by atoms with E-state index in [1.807, 2.05) is 0 Å². The van der Waals surface area contributed by atoms with Crippen LogP contribution in [0, 0.1) is 16.7 Å². The minimum absolute atomic E-state index is 0.0279. The highest BCUT2D eigenvalue weighted by atomic mass is 16.6. The SMILES string of the molecule is COC(=O)CNC(=O)O[C@H]1C(=O)[C@@]2(C)[C@H]([C@H](OC(=O)c3ccccc3)[C@]3(O)C[C@H](OC(=O)[C@H](O)[C@@H](NC(=O)c4ccccc4)c4ccccc4)C(C)=C1C3(C)C)[C@]1(OC(C)=O)CO[C@@H]1C[C@@H]2O. The first-order chi connectivity index (χ1) is 31.7. The fourth-order valence-electron chi connectivity index (χ4n) is 10.4. The Morgan fingerprint density at radius 2 is 1.46 bits per heavy atom. The first kappa shape index (κ1) is 48.5. The van der Waals surface area contributed by atoms with Gasteiger partial charge in [-0.05, 0) is 54.8 Å². The standard InChI is InChI=1S/C49H54N2O16/c1-26-31(64-44(59)37(55)36(28-16-10-7-11-17-28)51-42(57)29-18-12-8-13-19-29)23-49(61)41(66-43(58)30-20-14-9-15-21-30)39-47(5,32(53)22-33-48(39,25-63-33)67-27(2)52)40(56)38(35(26)46(49,3)4)65-45(60)50-24-34(54)62-6/h7-21,31-33,36-39,41,53,55,61H,22-25H2,1-6H3,(H,50,60)(H,51,57)/t31-,32-,33+,36-,37+,38+,39-,41-,47+,48-,49+/m0/s1. The first-order valence-corrected chi connectivity index (χ1v) is 21.7. The molecule has 11 atom stereocenters. The molecule has 2 amide bonds. The van der Waals surface area contributed by atoms with Gasteiger partial charge < -0.3 is 54.4 Å². The number of esters is 4. The molecular weight excluding hydrogens is 873 g/mol. The summed E-state index contributed by atoms with van der Waals surface area (Å²) in [5, 5.41) is 42.8. The normalized spacial score (nSPS) is 30.2. The number of benzene rings is 3. The Hall–Kier alpha value is -6.47. The highest BCUT2D eigenvalue weighted by Crippen LogP contribution is 2.64. The summed E-state index contributed by atoms with van der Waals surface area (Å²) in [5.74, 6) is -7.22. The van der Waals surface area contributed by atoms with Gasteiger partial charge in [0.25, 0.3) is 5.91 Å². The molecule has 7 rings (SSSR count). The van der Waals surface area contributed by atoms with Gasteiger partial charge in [-0.15, -0.1) is 0 Å². The van der Waals surface area contributed by atoms with Crippen LogP contribution in [0.1, 0.15) is 79.8 Å². The van der Waals surface area contributed by atoms with Gasteiger partial charge in [0.05, 0.1) is 42.8 Å². The van der Waals surface area contributed by atoms with Crippen molar-refractivity contribution in [3.8, 4) is 0 Å². The van der Waals surface area contributed by atoms with E-state index < -0.39 is 125 Å². The van der Waals surface area contributed by atoms with E-state index in [1.165, 1.54) is 39.8 Å². The second-order valence-electron chi connectivity index (χ2n) is 18.1. The third-order valence-electron chi connectivity index (χ3n) is 14.0. The first-order valence-electron chi connectivity index (χ1n) is 21.7. The fraction of sp³-hybridized carbons (Fsp3) is 0.449. The molecule has 4 aliphatic rings. The molecule has 0 radical (unpaired) electrons. The monoisotopic (exact) mass is 926 g/mol. The van der Waals surface area contributed by atoms with Crippen LogP contribution in [-0.2, 0) is 47.6 Å². The predicted molar refractivity (Wildman–Crippen MR) is 232 cm³/mol. The summed E-state index contributed by atoms with van der Waals surface area (Å²) in [6.07, 6.45) is -12.6. The summed E-state index contributed by atoms with van der Waals surface area (Å²) < 4.78 is 35.0. The molecule has 1 heterocycles. The van der Waals surface area contributed by atoms with Crippen molar-refractivity contribution in [1.29, 1.82) is 0 Å². The Morgan fingerprint density at radius 1 is 0.866 bits per heavy atom. The zero-order valence-corrected chi connectivity index (χ0v) is 37.8. The van der Waals surface area contributed by atoms with Crippen LogP contribution in [0.15, 0.2) is 102 Å². The number of hydrogen-bond acceptors (Lipinski definition) is 16. The second kappa shape index (κ2) is 18.7. The van der Waals surface area contributed by atoms with E-state index in [-0.39, 0.29) is 35.3 Å². The van der Waals surface area contributed by atoms with E-state index in [1.54, 1.807) is 78.9 Å². The lowest BCUT2D eigenvalue weighted by Gasteiger charge is -2.67. The molecule has 5 N–H and O–H groups in total. The van der Waals surface area contributed by atoms with Gasteiger partial charge in [-0.3, -0.25) is 19.2 Å². The Bertz CT molecular complexity index is 2450. The molecule has 3 aliphatic carbocycles. The number of amides is 2. The lowest BCUT2D eigenvalue weighted by Crippen LogP contribution is -2.82. The summed E-state index contributed by atoms with van der Waals surface area (Å²) >= 11 is 0. The number of methoxy groups -OCH3 is 1. The van der Waals surface area contributed by atoms with Gasteiger partial charge in [0.1, 0.15) is 30.5 Å². The van der Waals surface area contributed by atoms with Gasteiger partial charge in [-0.2, -0.15) is 0 Å². The Labute approximate surface area is 385 Å². The average Bonchev–Trinajstić information content (AvgIpc) is 3.31. The van der Waals surface area contributed by atoms with Crippen LogP contribution in [0.25, 0.3) is 0 Å². The Kier molecular flexibility index (Phi) is 13.5. The van der Waals surface area contributed by atoms with Crippen molar-refractivity contribution in [1.82, 2.24) is 10.6 Å². The van der Waals surface area contributed by atoms with Crippen LogP contribution < -0.4 is 10.6 Å². The summed E-state index contributed by atoms with van der Waals surface area (Å²) in [7, 11) is 1.09. The number of aliphatic hydroxyl groups excluding tert-OH is 2. The number of carbonyl (C=O) groups excluding carboxylic acids is 7. The quantitative estimate of drug-likeness (QED) is 0.0993. The smallest absolute Gasteiger partial charge is 0.408 e. The molecule has 3 aromatic carbocycles. The number of ketones is 1. The number of rotatable bonds is 12. The summed E-state index contributed by atoms with van der Waals surface area (Å²) in [5.41, 5.74) is -7.81. The van der Waals surface area contributed by atoms with E-state index in [0.717, 1.165) is 14.0 Å². The van der Waals surface area contributed by atoms with Gasteiger partial charge >= 0.3 is 30.0 Å². The molecule has 0 unspecified atom stereocenters. The van der Waals surface area contributed by atoms with Gasteiger partial charge in [-0.25, -0.2) is 14.4 Å². The van der Waals surface area contributed by atoms with Crippen molar-refractivity contribution in [2.75, 3.05) is 20.3 Å². The van der Waals surface area contributed by atoms with Gasteiger partial charge in [0.15, 0.2) is 23.6 Å². The molecule has 18 heteroatoms. The number of aliphatic hydroxyl groups is 3. The molecule has 1 aliphatic heterocycles. The lowest BCUT2D eigenvalue weighted by molar-refractivity contribution is -0.345. The van der Waals surface area contributed by atoms with Crippen molar-refractivity contribution in [2.24, 2.45) is 16.7 Å². The van der Waals surface area contributed by atoms with E-state index in [4.69, 9.17) is 23.7 Å². The van der Waals surface area contributed by atoms with Crippen LogP contribution >= 0.6 is 0 Å². The van der Waals surface area contributed by atoms with Crippen LogP contribution in [0.3, 0.4) is 0 Å². The van der Waals surface area contributed by atoms with Crippen molar-refractivity contribution in [3.05, 3.63) is 119 Å². The van der Waals surface area contributed by atoms with Crippen LogP contribution in [0.4, 0.5) is 4.79 Å². The zero-order valence-electron chi connectivity index (χ0n) is 37.8. The largest absolute Gasteiger partial charge is 0.468 e. The topological polar surface area (TPSA) is 260 Å². The molecule has 0 aromatic heterocycles. The molecular formula is C49H54N2O16. The zero-order chi connectivity index (χ0) is 48.6. The summed E-state index contributed by atoms with van der Waals surface area (Å²) in [4.78, 5) is 96.9. The third-order valence-corrected chi connectivity index (χ3v) is 14.0. The van der Waals surface area contributed by atoms with Crippen LogP contribution in [-0.4, -0.2) is 125 Å². The molecule has 356 valence electrons. The average molecular weight is 927 g/mol. The number of carbonyl (C=O) groups is 7. The van der Waals surface area contributed by atoms with Gasteiger partial charge in [0, 0.05) is 30.7 Å². The Morgan fingerprint density at radius 3 is 2.03 bits per heavy atom. The minimum atomic E-state index is -2.50. The number of fused-ring (bicyclic) bond motifs is 5. The molecule has 3 fully saturated rings. The molecule has 3 aromatic rings. The highest BCUT2D eigenvalue weighted by molar-refractivity contribution is 5.96. The van der Waals surface area contributed by atoms with Gasteiger partial charge in [0.2, 0.25) is 0 Å². The number of ether oxygens (including phenoxy) is 6. The maximum Gasteiger partial charge on any atom is 0.408 e. The van der Waals surface area contributed by atoms with E-state index in [9.17, 15) is 44.1 Å². The molecule has 2 bridgehead atoms.